The quantitative estimate of drug-likeness (QED) is 0.625. The van der Waals surface area contributed by atoms with Crippen molar-refractivity contribution in [2.75, 3.05) is 24.5 Å². The molecule has 0 radical (unpaired) electrons. The van der Waals surface area contributed by atoms with E-state index >= 15 is 0 Å². The molecule has 2 fully saturated rings. The maximum Gasteiger partial charge on any atom is 0.228 e. The van der Waals surface area contributed by atoms with Gasteiger partial charge in [-0.1, -0.05) is 19.9 Å². The Morgan fingerprint density at radius 1 is 1.32 bits per heavy atom. The van der Waals surface area contributed by atoms with Crippen molar-refractivity contribution >= 4 is 23.1 Å². The van der Waals surface area contributed by atoms with Gasteiger partial charge < -0.3 is 14.5 Å². The number of nitrogens with zero attached hydrogens (tertiary/aromatic N) is 4. The molecule has 1 atom stereocenters. The summed E-state index contributed by atoms with van der Waals surface area (Å²) < 4.78 is 6.12. The minimum atomic E-state index is -0.286. The van der Waals surface area contributed by atoms with Crippen LogP contribution in [0.4, 0.5) is 5.82 Å². The van der Waals surface area contributed by atoms with E-state index in [2.05, 4.69) is 43.6 Å². The van der Waals surface area contributed by atoms with Crippen molar-refractivity contribution in [1.29, 1.82) is 5.26 Å². The Hall–Kier alpha value is -2.43. The van der Waals surface area contributed by atoms with Gasteiger partial charge in [-0.05, 0) is 49.6 Å². The van der Waals surface area contributed by atoms with E-state index in [-0.39, 0.29) is 17.6 Å². The summed E-state index contributed by atoms with van der Waals surface area (Å²) in [6.07, 6.45) is 3.51. The summed E-state index contributed by atoms with van der Waals surface area (Å²) in [6, 6.07) is 6.64. The van der Waals surface area contributed by atoms with Crippen molar-refractivity contribution in [3.63, 3.8) is 0 Å². The van der Waals surface area contributed by atoms with Crippen LogP contribution in [0, 0.1) is 17.2 Å². The second-order valence-electron chi connectivity index (χ2n) is 10.9. The number of pyridine rings is 1. The lowest BCUT2D eigenvalue weighted by Crippen LogP contribution is -2.58. The van der Waals surface area contributed by atoms with Crippen molar-refractivity contribution in [2.45, 2.75) is 77.5 Å². The van der Waals surface area contributed by atoms with Gasteiger partial charge >= 0.3 is 0 Å². The lowest BCUT2D eigenvalue weighted by atomic mass is 9.87. The summed E-state index contributed by atoms with van der Waals surface area (Å²) >= 11 is 1.64. The molecule has 0 spiro atoms. The van der Waals surface area contributed by atoms with Crippen LogP contribution in [-0.2, 0) is 29.0 Å². The Morgan fingerprint density at radius 3 is 2.76 bits per heavy atom. The first-order chi connectivity index (χ1) is 16.3. The number of nitriles is 1. The average molecular weight is 479 g/mol. The zero-order chi connectivity index (χ0) is 24.0. The summed E-state index contributed by atoms with van der Waals surface area (Å²) in [7, 11) is 0. The lowest BCUT2D eigenvalue weighted by molar-refractivity contribution is -0.134. The van der Waals surface area contributed by atoms with Gasteiger partial charge in [-0.25, -0.2) is 4.98 Å². The molecular weight excluding hydrogens is 444 g/mol. The molecule has 2 aliphatic heterocycles. The van der Waals surface area contributed by atoms with Gasteiger partial charge in [0.1, 0.15) is 11.9 Å². The molecule has 1 saturated heterocycles. The topological polar surface area (TPSA) is 69.5 Å². The molecule has 4 heterocycles. The van der Waals surface area contributed by atoms with Crippen molar-refractivity contribution in [1.82, 2.24) is 9.88 Å². The number of carbonyl (C=O) groups excluding carboxylic acids is 1. The fourth-order valence-electron chi connectivity index (χ4n) is 5.37. The van der Waals surface area contributed by atoms with Crippen molar-refractivity contribution in [2.24, 2.45) is 5.92 Å². The number of carbonyl (C=O) groups is 1. The van der Waals surface area contributed by atoms with Gasteiger partial charge in [0, 0.05) is 42.4 Å². The van der Waals surface area contributed by atoms with Crippen molar-refractivity contribution in [3.05, 3.63) is 44.8 Å². The molecule has 5 rings (SSSR count). The number of rotatable bonds is 5. The number of anilines is 1. The third-order valence-electron chi connectivity index (χ3n) is 7.42. The van der Waals surface area contributed by atoms with Gasteiger partial charge in [-0.3, -0.25) is 4.79 Å². The molecule has 1 amide bonds. The number of aromatic nitrogens is 1. The van der Waals surface area contributed by atoms with E-state index in [0.29, 0.717) is 50.1 Å². The molecule has 34 heavy (non-hydrogen) atoms. The van der Waals surface area contributed by atoms with Crippen LogP contribution in [0.5, 0.6) is 0 Å². The van der Waals surface area contributed by atoms with E-state index in [0.717, 1.165) is 46.8 Å². The fourth-order valence-corrected chi connectivity index (χ4v) is 6.06. The van der Waals surface area contributed by atoms with E-state index in [1.807, 2.05) is 17.5 Å². The first kappa shape index (κ1) is 23.3. The SMILES string of the molecule is CC(C)[C@@H]1CN(c2nc(C3CC3)c3c(c2C#N)CC(C)(C)OC3)CCN1C(=O)Cc1cccs1. The molecule has 3 aliphatic rings. The fraction of sp³-hybridized carbons (Fsp3) is 0.593. The van der Waals surface area contributed by atoms with Crippen LogP contribution in [0.1, 0.15) is 73.7 Å². The highest BCUT2D eigenvalue weighted by molar-refractivity contribution is 7.10. The Labute approximate surface area is 206 Å². The maximum absolute atomic E-state index is 13.2. The maximum atomic E-state index is 13.2. The Balaban J connectivity index is 1.46. The van der Waals surface area contributed by atoms with Crippen LogP contribution >= 0.6 is 11.3 Å². The van der Waals surface area contributed by atoms with Gasteiger partial charge in [0.15, 0.2) is 0 Å². The third kappa shape index (κ3) is 4.46. The molecule has 0 bridgehead atoms. The number of amides is 1. The van der Waals surface area contributed by atoms with Gasteiger partial charge in [0.25, 0.3) is 0 Å². The standard InChI is InChI=1S/C27H34N4O2S/c1-17(2)23-15-30(9-10-31(23)24(32)12-19-6-5-11-34-19)26-21(14-28)20-13-27(3,4)33-16-22(20)25(29-26)18-7-8-18/h5-6,11,17-18,23H,7-10,12-13,15-16H2,1-4H3/t23-/m0/s1. The summed E-state index contributed by atoms with van der Waals surface area (Å²) in [5, 5.41) is 12.3. The molecule has 1 aliphatic carbocycles. The van der Waals surface area contributed by atoms with Gasteiger partial charge in [-0.15, -0.1) is 11.3 Å². The minimum Gasteiger partial charge on any atom is -0.370 e. The predicted molar refractivity (Wildman–Crippen MR) is 134 cm³/mol. The number of ether oxygens (including phenoxy) is 1. The van der Waals surface area contributed by atoms with E-state index in [1.165, 1.54) is 0 Å². The number of piperazine rings is 1. The highest BCUT2D eigenvalue weighted by Gasteiger charge is 2.39. The summed E-state index contributed by atoms with van der Waals surface area (Å²) in [6.45, 7) is 11.2. The summed E-state index contributed by atoms with van der Waals surface area (Å²) in [4.78, 5) is 23.8. The van der Waals surface area contributed by atoms with Crippen LogP contribution in [0.15, 0.2) is 17.5 Å². The molecule has 2 aromatic rings. The number of hydrogen-bond acceptors (Lipinski definition) is 6. The molecule has 0 unspecified atom stereocenters. The van der Waals surface area contributed by atoms with Gasteiger partial charge in [0.05, 0.1) is 35.9 Å². The van der Waals surface area contributed by atoms with Crippen LogP contribution < -0.4 is 4.90 Å². The minimum absolute atomic E-state index is 0.0923. The third-order valence-corrected chi connectivity index (χ3v) is 8.30. The second-order valence-corrected chi connectivity index (χ2v) is 11.9. The normalized spacial score (nSPS) is 21.9. The summed E-state index contributed by atoms with van der Waals surface area (Å²) in [5.41, 5.74) is 3.83. The molecule has 6 nitrogen and oxygen atoms in total. The first-order valence-corrected chi connectivity index (χ1v) is 13.3. The van der Waals surface area contributed by atoms with Gasteiger partial charge in [0.2, 0.25) is 5.91 Å². The monoisotopic (exact) mass is 478 g/mol. The number of hydrogen-bond donors (Lipinski definition) is 0. The highest BCUT2D eigenvalue weighted by atomic mass is 32.1. The van der Waals surface area contributed by atoms with Crippen molar-refractivity contribution in [3.8, 4) is 6.07 Å². The van der Waals surface area contributed by atoms with E-state index in [1.54, 1.807) is 11.3 Å². The Kier molecular flexibility index (Phi) is 6.16. The molecule has 2 aromatic heterocycles. The lowest BCUT2D eigenvalue weighted by Gasteiger charge is -2.44. The Bertz CT molecular complexity index is 1110. The van der Waals surface area contributed by atoms with Crippen LogP contribution in [0.2, 0.25) is 0 Å². The van der Waals surface area contributed by atoms with Crippen molar-refractivity contribution < 1.29 is 9.53 Å². The van der Waals surface area contributed by atoms with Crippen LogP contribution in [0.25, 0.3) is 0 Å². The van der Waals surface area contributed by atoms with Crippen LogP contribution in [0.3, 0.4) is 0 Å². The summed E-state index contributed by atoms with van der Waals surface area (Å²) in [5.74, 6) is 1.81. The molecule has 0 aromatic carbocycles. The highest BCUT2D eigenvalue weighted by Crippen LogP contribution is 2.46. The zero-order valence-electron chi connectivity index (χ0n) is 20.6. The second kappa shape index (κ2) is 8.98. The Morgan fingerprint density at radius 2 is 2.12 bits per heavy atom. The van der Waals surface area contributed by atoms with Crippen LogP contribution in [-0.4, -0.2) is 47.1 Å². The van der Waals surface area contributed by atoms with E-state index in [4.69, 9.17) is 9.72 Å². The predicted octanol–water partition coefficient (Wildman–Crippen LogP) is 4.66. The molecule has 180 valence electrons. The molecule has 1 saturated carbocycles. The molecule has 7 heteroatoms. The van der Waals surface area contributed by atoms with Gasteiger partial charge in [-0.2, -0.15) is 5.26 Å². The van der Waals surface area contributed by atoms with E-state index < -0.39 is 0 Å². The molecule has 0 N–H and O–H groups in total. The number of thiophene rings is 1. The average Bonchev–Trinajstić information content (AvgIpc) is 3.53. The zero-order valence-corrected chi connectivity index (χ0v) is 21.5. The number of fused-ring (bicyclic) bond motifs is 1. The first-order valence-electron chi connectivity index (χ1n) is 12.4. The molecular formula is C27H34N4O2S. The largest absolute Gasteiger partial charge is 0.370 e. The van der Waals surface area contributed by atoms with E-state index in [9.17, 15) is 10.1 Å². The smallest absolute Gasteiger partial charge is 0.228 e.